The number of hydrogen-bond acceptors (Lipinski definition) is 2. The molecule has 4 nitrogen and oxygen atoms in total. The minimum atomic E-state index is 0. The third-order valence-electron chi connectivity index (χ3n) is 4.19. The van der Waals surface area contributed by atoms with Gasteiger partial charge < -0.3 is 10.6 Å². The van der Waals surface area contributed by atoms with Crippen LogP contribution in [-0.4, -0.2) is 49.6 Å². The lowest BCUT2D eigenvalue weighted by molar-refractivity contribution is 0.226. The second-order valence-corrected chi connectivity index (χ2v) is 6.81. The molecule has 1 aliphatic heterocycles. The van der Waals surface area contributed by atoms with Gasteiger partial charge in [-0.3, -0.25) is 9.89 Å². The number of rotatable bonds is 6. The van der Waals surface area contributed by atoms with Gasteiger partial charge in [-0.2, -0.15) is 0 Å². The summed E-state index contributed by atoms with van der Waals surface area (Å²) < 4.78 is 0. The first-order chi connectivity index (χ1) is 9.43. The molecule has 1 fully saturated rings. The SMILES string of the molecule is CN=C(NC[C@H]1CCCN1CC(C)C)NC(C)C(C)C.I. The average Bonchev–Trinajstić information content (AvgIpc) is 2.80. The highest BCUT2D eigenvalue weighted by Gasteiger charge is 2.24. The molecular weight excluding hydrogens is 375 g/mol. The van der Waals surface area contributed by atoms with Crippen molar-refractivity contribution in [2.24, 2.45) is 16.8 Å². The van der Waals surface area contributed by atoms with Crippen LogP contribution in [0.1, 0.15) is 47.5 Å². The first kappa shape index (κ1) is 21.0. The fourth-order valence-corrected chi connectivity index (χ4v) is 2.63. The van der Waals surface area contributed by atoms with Crippen molar-refractivity contribution < 1.29 is 0 Å². The smallest absolute Gasteiger partial charge is 0.191 e. The zero-order valence-electron chi connectivity index (χ0n) is 14.6. The van der Waals surface area contributed by atoms with Crippen molar-refractivity contribution >= 4 is 29.9 Å². The fourth-order valence-electron chi connectivity index (χ4n) is 2.63. The summed E-state index contributed by atoms with van der Waals surface area (Å²) in [7, 11) is 1.85. The Labute approximate surface area is 148 Å². The molecule has 0 bridgehead atoms. The summed E-state index contributed by atoms with van der Waals surface area (Å²) in [5.41, 5.74) is 0. The molecule has 0 amide bonds. The monoisotopic (exact) mass is 410 g/mol. The average molecular weight is 410 g/mol. The van der Waals surface area contributed by atoms with E-state index in [9.17, 15) is 0 Å². The zero-order valence-corrected chi connectivity index (χ0v) is 17.0. The molecule has 5 heteroatoms. The van der Waals surface area contributed by atoms with E-state index in [0.717, 1.165) is 18.4 Å². The summed E-state index contributed by atoms with van der Waals surface area (Å²) in [6.45, 7) is 14.7. The number of hydrogen-bond donors (Lipinski definition) is 2. The lowest BCUT2D eigenvalue weighted by Gasteiger charge is -2.28. The Bertz CT molecular complexity index is 305. The first-order valence-corrected chi connectivity index (χ1v) is 8.15. The van der Waals surface area contributed by atoms with E-state index in [0.29, 0.717) is 18.0 Å². The molecule has 0 radical (unpaired) electrons. The topological polar surface area (TPSA) is 39.7 Å². The van der Waals surface area contributed by atoms with Crippen molar-refractivity contribution in [1.29, 1.82) is 0 Å². The van der Waals surface area contributed by atoms with Crippen molar-refractivity contribution in [3.63, 3.8) is 0 Å². The van der Waals surface area contributed by atoms with Gasteiger partial charge in [-0.15, -0.1) is 24.0 Å². The van der Waals surface area contributed by atoms with Gasteiger partial charge in [0.05, 0.1) is 0 Å². The standard InChI is InChI=1S/C16H34N4.HI/c1-12(2)11-20-9-7-8-15(20)10-18-16(17-6)19-14(5)13(3)4;/h12-15H,7-11H2,1-6H3,(H2,17,18,19);1H/t14?,15-;/m1./s1. The van der Waals surface area contributed by atoms with E-state index < -0.39 is 0 Å². The highest BCUT2D eigenvalue weighted by molar-refractivity contribution is 14.0. The number of nitrogens with one attached hydrogen (secondary N) is 2. The Balaban J connectivity index is 0.00000400. The zero-order chi connectivity index (χ0) is 15.1. The van der Waals surface area contributed by atoms with Crippen LogP contribution in [0.25, 0.3) is 0 Å². The van der Waals surface area contributed by atoms with Crippen LogP contribution in [-0.2, 0) is 0 Å². The number of likely N-dealkylation sites (tertiary alicyclic amines) is 1. The number of halogens is 1. The van der Waals surface area contributed by atoms with Crippen LogP contribution in [0.4, 0.5) is 0 Å². The first-order valence-electron chi connectivity index (χ1n) is 8.15. The van der Waals surface area contributed by atoms with E-state index in [1.807, 2.05) is 7.05 Å². The number of aliphatic imine (C=N–C) groups is 1. The molecule has 2 atom stereocenters. The van der Waals surface area contributed by atoms with Crippen molar-refractivity contribution in [1.82, 2.24) is 15.5 Å². The van der Waals surface area contributed by atoms with Crippen LogP contribution in [0.2, 0.25) is 0 Å². The highest BCUT2D eigenvalue weighted by atomic mass is 127. The summed E-state index contributed by atoms with van der Waals surface area (Å²) in [6, 6.07) is 1.10. The Morgan fingerprint density at radius 2 is 1.90 bits per heavy atom. The minimum Gasteiger partial charge on any atom is -0.355 e. The molecule has 0 aliphatic carbocycles. The quantitative estimate of drug-likeness (QED) is 0.402. The Kier molecular flexibility index (Phi) is 10.6. The Hall–Kier alpha value is -0.0400. The molecule has 0 aromatic carbocycles. The predicted octanol–water partition coefficient (Wildman–Crippen LogP) is 2.93. The minimum absolute atomic E-state index is 0. The molecule has 21 heavy (non-hydrogen) atoms. The molecule has 1 aliphatic rings. The second kappa shape index (κ2) is 10.6. The van der Waals surface area contributed by atoms with E-state index in [2.05, 4.69) is 55.1 Å². The van der Waals surface area contributed by atoms with Crippen LogP contribution in [0, 0.1) is 11.8 Å². The van der Waals surface area contributed by atoms with Crippen molar-refractivity contribution in [3.05, 3.63) is 0 Å². The molecule has 0 aromatic heterocycles. The largest absolute Gasteiger partial charge is 0.355 e. The van der Waals surface area contributed by atoms with E-state index in [4.69, 9.17) is 0 Å². The van der Waals surface area contributed by atoms with Crippen molar-refractivity contribution in [2.45, 2.75) is 59.5 Å². The normalized spacial score (nSPS) is 21.5. The third kappa shape index (κ3) is 7.68. The van der Waals surface area contributed by atoms with Gasteiger partial charge in [0, 0.05) is 32.2 Å². The molecule has 0 spiro atoms. The van der Waals surface area contributed by atoms with Gasteiger partial charge >= 0.3 is 0 Å². The van der Waals surface area contributed by atoms with Crippen LogP contribution in [0.15, 0.2) is 4.99 Å². The molecule has 1 heterocycles. The number of guanidine groups is 1. The van der Waals surface area contributed by atoms with E-state index in [-0.39, 0.29) is 24.0 Å². The molecule has 1 rings (SSSR count). The van der Waals surface area contributed by atoms with Crippen molar-refractivity contribution in [2.75, 3.05) is 26.7 Å². The van der Waals surface area contributed by atoms with Crippen LogP contribution >= 0.6 is 24.0 Å². The van der Waals surface area contributed by atoms with E-state index >= 15 is 0 Å². The molecule has 0 saturated carbocycles. The molecule has 0 aromatic rings. The second-order valence-electron chi connectivity index (χ2n) is 6.81. The third-order valence-corrected chi connectivity index (χ3v) is 4.19. The summed E-state index contributed by atoms with van der Waals surface area (Å²) >= 11 is 0. The molecule has 126 valence electrons. The lowest BCUT2D eigenvalue weighted by atomic mass is 10.1. The summed E-state index contributed by atoms with van der Waals surface area (Å²) in [4.78, 5) is 6.96. The fraction of sp³-hybridized carbons (Fsp3) is 0.938. The molecule has 1 saturated heterocycles. The van der Waals surface area contributed by atoms with Gasteiger partial charge in [0.15, 0.2) is 5.96 Å². The Morgan fingerprint density at radius 1 is 1.24 bits per heavy atom. The molecular formula is C16H35IN4. The maximum absolute atomic E-state index is 4.33. The van der Waals surface area contributed by atoms with Crippen LogP contribution in [0.3, 0.4) is 0 Å². The van der Waals surface area contributed by atoms with Crippen LogP contribution in [0.5, 0.6) is 0 Å². The van der Waals surface area contributed by atoms with Gasteiger partial charge in [-0.25, -0.2) is 0 Å². The highest BCUT2D eigenvalue weighted by Crippen LogP contribution is 2.17. The number of nitrogens with zero attached hydrogens (tertiary/aromatic N) is 2. The van der Waals surface area contributed by atoms with Gasteiger partial charge in [-0.05, 0) is 38.1 Å². The summed E-state index contributed by atoms with van der Waals surface area (Å²) in [5, 5.41) is 6.96. The van der Waals surface area contributed by atoms with Crippen LogP contribution < -0.4 is 10.6 Å². The molecule has 1 unspecified atom stereocenters. The van der Waals surface area contributed by atoms with E-state index in [1.54, 1.807) is 0 Å². The van der Waals surface area contributed by atoms with Gasteiger partial charge in [0.2, 0.25) is 0 Å². The lowest BCUT2D eigenvalue weighted by Crippen LogP contribution is -2.48. The van der Waals surface area contributed by atoms with Crippen molar-refractivity contribution in [3.8, 4) is 0 Å². The molecule has 2 N–H and O–H groups in total. The maximum Gasteiger partial charge on any atom is 0.191 e. The summed E-state index contributed by atoms with van der Waals surface area (Å²) in [6.07, 6.45) is 2.63. The Morgan fingerprint density at radius 3 is 2.43 bits per heavy atom. The maximum atomic E-state index is 4.33. The summed E-state index contributed by atoms with van der Waals surface area (Å²) in [5.74, 6) is 2.29. The van der Waals surface area contributed by atoms with Gasteiger partial charge in [0.25, 0.3) is 0 Å². The van der Waals surface area contributed by atoms with Gasteiger partial charge in [0.1, 0.15) is 0 Å². The predicted molar refractivity (Wildman–Crippen MR) is 104 cm³/mol. The van der Waals surface area contributed by atoms with Gasteiger partial charge in [-0.1, -0.05) is 27.7 Å². The van der Waals surface area contributed by atoms with E-state index in [1.165, 1.54) is 25.9 Å².